The number of rotatable bonds is 8. The Kier molecular flexibility index (Phi) is 6.88. The van der Waals surface area contributed by atoms with Crippen molar-refractivity contribution in [3.8, 4) is 46.5 Å². The third kappa shape index (κ3) is 5.48. The molecule has 0 bridgehead atoms. The van der Waals surface area contributed by atoms with E-state index in [9.17, 15) is 0 Å². The molecule has 0 saturated heterocycles. The second-order valence-electron chi connectivity index (χ2n) is 8.10. The fourth-order valence-corrected chi connectivity index (χ4v) is 3.65. The topological polar surface area (TPSA) is 105 Å². The number of ether oxygens (including phenoxy) is 2. The van der Waals surface area contributed by atoms with Crippen LogP contribution in [0.3, 0.4) is 0 Å². The van der Waals surface area contributed by atoms with Gasteiger partial charge in [0.1, 0.15) is 24.7 Å². The quantitative estimate of drug-likeness (QED) is 0.254. The van der Waals surface area contributed by atoms with Crippen LogP contribution >= 0.6 is 0 Å². The van der Waals surface area contributed by atoms with E-state index in [1.54, 1.807) is 24.3 Å². The van der Waals surface area contributed by atoms with E-state index in [1.165, 1.54) is 0 Å². The molecule has 7 nitrogen and oxygen atoms in total. The lowest BCUT2D eigenvalue weighted by Gasteiger charge is -2.10. The average molecular weight is 485 g/mol. The molecule has 0 aliphatic heterocycles. The lowest BCUT2D eigenvalue weighted by Crippen LogP contribution is -1.97. The van der Waals surface area contributed by atoms with Crippen LogP contribution in [0.1, 0.15) is 22.3 Å². The molecular weight excluding hydrogens is 464 g/mol. The van der Waals surface area contributed by atoms with Gasteiger partial charge in [0.05, 0.1) is 34.4 Å². The predicted molar refractivity (Wildman–Crippen MR) is 136 cm³/mol. The Morgan fingerprint density at radius 3 is 1.38 bits per heavy atom. The second kappa shape index (κ2) is 10.9. The van der Waals surface area contributed by atoms with E-state index in [0.29, 0.717) is 58.7 Å². The number of nitriles is 2. The van der Waals surface area contributed by atoms with Crippen molar-refractivity contribution in [2.45, 2.75) is 13.2 Å². The van der Waals surface area contributed by atoms with Crippen molar-refractivity contribution in [1.82, 2.24) is 10.2 Å². The molecule has 37 heavy (non-hydrogen) atoms. The summed E-state index contributed by atoms with van der Waals surface area (Å²) in [5.41, 5.74) is 4.42. The SMILES string of the molecule is N#Cc1ccc(COc2ccccc2-c2nnc(-c3ccccc3OCc3ccc(C#N)cc3)o2)cc1. The fourth-order valence-electron chi connectivity index (χ4n) is 3.65. The van der Waals surface area contributed by atoms with Gasteiger partial charge in [-0.3, -0.25) is 0 Å². The average Bonchev–Trinajstić information content (AvgIpc) is 3.46. The first-order chi connectivity index (χ1) is 18.2. The van der Waals surface area contributed by atoms with Gasteiger partial charge in [0, 0.05) is 0 Å². The maximum absolute atomic E-state index is 8.98. The minimum atomic E-state index is 0.326. The summed E-state index contributed by atoms with van der Waals surface area (Å²) < 4.78 is 18.1. The van der Waals surface area contributed by atoms with Crippen LogP contribution in [0, 0.1) is 22.7 Å². The molecule has 0 aliphatic rings. The van der Waals surface area contributed by atoms with E-state index in [1.807, 2.05) is 72.8 Å². The first-order valence-electron chi connectivity index (χ1n) is 11.5. The van der Waals surface area contributed by atoms with Crippen LogP contribution in [-0.4, -0.2) is 10.2 Å². The summed E-state index contributed by atoms with van der Waals surface area (Å²) in [5, 5.41) is 26.5. The molecular formula is C30H20N4O3. The molecule has 0 aliphatic carbocycles. The Morgan fingerprint density at radius 2 is 0.973 bits per heavy atom. The van der Waals surface area contributed by atoms with Crippen LogP contribution in [0.2, 0.25) is 0 Å². The van der Waals surface area contributed by atoms with Crippen LogP contribution in [0.15, 0.2) is 101 Å². The minimum Gasteiger partial charge on any atom is -0.488 e. The van der Waals surface area contributed by atoms with Crippen LogP contribution in [0.25, 0.3) is 22.9 Å². The highest BCUT2D eigenvalue weighted by molar-refractivity contribution is 5.66. The Morgan fingerprint density at radius 1 is 0.568 bits per heavy atom. The standard InChI is InChI=1S/C30H20N4O3/c31-17-21-9-13-23(14-10-21)19-35-27-7-3-1-5-25(27)29-33-34-30(37-29)26-6-2-4-8-28(26)36-20-24-15-11-22(18-32)12-16-24/h1-16H,19-20H2. The maximum Gasteiger partial charge on any atom is 0.251 e. The summed E-state index contributed by atoms with van der Waals surface area (Å²) in [6, 6.07) is 33.6. The Hall–Kier alpha value is -5.40. The summed E-state index contributed by atoms with van der Waals surface area (Å²) in [4.78, 5) is 0. The van der Waals surface area contributed by atoms with Gasteiger partial charge in [-0.05, 0) is 59.7 Å². The highest BCUT2D eigenvalue weighted by Crippen LogP contribution is 2.34. The Bertz CT molecular complexity index is 1470. The smallest absolute Gasteiger partial charge is 0.251 e. The van der Waals surface area contributed by atoms with Gasteiger partial charge < -0.3 is 13.9 Å². The highest BCUT2D eigenvalue weighted by atomic mass is 16.5. The molecule has 0 unspecified atom stereocenters. The molecule has 0 fully saturated rings. The lowest BCUT2D eigenvalue weighted by atomic mass is 10.1. The van der Waals surface area contributed by atoms with E-state index in [-0.39, 0.29) is 0 Å². The first kappa shape index (κ1) is 23.3. The van der Waals surface area contributed by atoms with Crippen molar-refractivity contribution in [3.05, 3.63) is 119 Å². The van der Waals surface area contributed by atoms with E-state index >= 15 is 0 Å². The summed E-state index contributed by atoms with van der Waals surface area (Å²) in [6.07, 6.45) is 0. The van der Waals surface area contributed by atoms with Crippen LogP contribution < -0.4 is 9.47 Å². The zero-order chi connectivity index (χ0) is 25.5. The van der Waals surface area contributed by atoms with Crippen molar-refractivity contribution < 1.29 is 13.9 Å². The van der Waals surface area contributed by atoms with Gasteiger partial charge in [0.2, 0.25) is 0 Å². The van der Waals surface area contributed by atoms with Gasteiger partial charge in [-0.1, -0.05) is 48.5 Å². The summed E-state index contributed by atoms with van der Waals surface area (Å²) in [6.45, 7) is 0.658. The number of hydrogen-bond acceptors (Lipinski definition) is 7. The van der Waals surface area contributed by atoms with Gasteiger partial charge in [0.25, 0.3) is 11.8 Å². The molecule has 1 aromatic heterocycles. The van der Waals surface area contributed by atoms with Gasteiger partial charge in [-0.25, -0.2) is 0 Å². The molecule has 7 heteroatoms. The summed E-state index contributed by atoms with van der Waals surface area (Å²) in [5.74, 6) is 1.86. The van der Waals surface area contributed by atoms with Gasteiger partial charge in [0.15, 0.2) is 0 Å². The van der Waals surface area contributed by atoms with Crippen molar-refractivity contribution in [2.24, 2.45) is 0 Å². The van der Waals surface area contributed by atoms with Crippen molar-refractivity contribution >= 4 is 0 Å². The van der Waals surface area contributed by atoms with E-state index < -0.39 is 0 Å². The molecule has 1 heterocycles. The second-order valence-corrected chi connectivity index (χ2v) is 8.10. The number of benzene rings is 4. The van der Waals surface area contributed by atoms with Crippen LogP contribution in [0.5, 0.6) is 11.5 Å². The number of hydrogen-bond donors (Lipinski definition) is 0. The molecule has 4 aromatic carbocycles. The Balaban J connectivity index is 1.34. The molecule has 0 amide bonds. The van der Waals surface area contributed by atoms with Crippen molar-refractivity contribution in [2.75, 3.05) is 0 Å². The van der Waals surface area contributed by atoms with Gasteiger partial charge in [-0.15, -0.1) is 10.2 Å². The molecule has 0 atom stereocenters. The summed E-state index contributed by atoms with van der Waals surface area (Å²) in [7, 11) is 0. The van der Waals surface area contributed by atoms with Gasteiger partial charge in [-0.2, -0.15) is 10.5 Å². The molecule has 5 rings (SSSR count). The summed E-state index contributed by atoms with van der Waals surface area (Å²) >= 11 is 0. The molecule has 0 radical (unpaired) electrons. The molecule has 0 N–H and O–H groups in total. The predicted octanol–water partition coefficient (Wildman–Crippen LogP) is 6.30. The van der Waals surface area contributed by atoms with Crippen molar-refractivity contribution in [3.63, 3.8) is 0 Å². The van der Waals surface area contributed by atoms with Crippen LogP contribution in [-0.2, 0) is 13.2 Å². The lowest BCUT2D eigenvalue weighted by molar-refractivity contribution is 0.306. The minimum absolute atomic E-state index is 0.326. The highest BCUT2D eigenvalue weighted by Gasteiger charge is 2.17. The number of nitrogens with zero attached hydrogens (tertiary/aromatic N) is 4. The zero-order valence-electron chi connectivity index (χ0n) is 19.7. The third-order valence-electron chi connectivity index (χ3n) is 5.61. The monoisotopic (exact) mass is 484 g/mol. The molecule has 178 valence electrons. The molecule has 0 saturated carbocycles. The van der Waals surface area contributed by atoms with Crippen molar-refractivity contribution in [1.29, 1.82) is 10.5 Å². The molecule has 5 aromatic rings. The largest absolute Gasteiger partial charge is 0.488 e. The number of para-hydroxylation sites is 2. The maximum atomic E-state index is 8.98. The first-order valence-corrected chi connectivity index (χ1v) is 11.5. The fraction of sp³-hybridized carbons (Fsp3) is 0.0667. The normalized spacial score (nSPS) is 10.3. The number of aromatic nitrogens is 2. The van der Waals surface area contributed by atoms with E-state index in [2.05, 4.69) is 22.3 Å². The van der Waals surface area contributed by atoms with Crippen LogP contribution in [0.4, 0.5) is 0 Å². The van der Waals surface area contributed by atoms with E-state index in [0.717, 1.165) is 11.1 Å². The zero-order valence-corrected chi connectivity index (χ0v) is 19.7. The van der Waals surface area contributed by atoms with E-state index in [4.69, 9.17) is 24.4 Å². The Labute approximate surface area is 213 Å². The van der Waals surface area contributed by atoms with Gasteiger partial charge >= 0.3 is 0 Å². The molecule has 0 spiro atoms. The third-order valence-corrected chi connectivity index (χ3v) is 5.61.